The van der Waals surface area contributed by atoms with E-state index in [9.17, 15) is 9.59 Å². The first kappa shape index (κ1) is 22.7. The number of ketones is 2. The third-order valence-electron chi connectivity index (χ3n) is 5.30. The number of aromatic nitrogens is 1. The quantitative estimate of drug-likeness (QED) is 0.132. The highest BCUT2D eigenvalue weighted by Crippen LogP contribution is 2.34. The first-order valence-corrected chi connectivity index (χ1v) is 14.3. The van der Waals surface area contributed by atoms with E-state index < -0.39 is 14.0 Å². The Bertz CT molecular complexity index is 937. The molecule has 7 heteroatoms. The number of hydrogen-bond donors (Lipinski definition) is 0. The van der Waals surface area contributed by atoms with E-state index in [0.29, 0.717) is 29.3 Å². The van der Waals surface area contributed by atoms with Gasteiger partial charge in [0.15, 0.2) is 18.4 Å². The molecular formula is C23H28ClNO4Si. The lowest BCUT2D eigenvalue weighted by Crippen LogP contribution is -2.22. The number of ether oxygens (including phenoxy) is 2. The number of carbonyl (C=O) groups excluding carboxylic acids is 2. The summed E-state index contributed by atoms with van der Waals surface area (Å²) >= 11 is 5.80. The van der Waals surface area contributed by atoms with E-state index in [1.165, 1.54) is 6.20 Å². The Labute approximate surface area is 183 Å². The summed E-state index contributed by atoms with van der Waals surface area (Å²) < 4.78 is 11.5. The van der Waals surface area contributed by atoms with Crippen LogP contribution in [0, 0.1) is 5.92 Å². The predicted molar refractivity (Wildman–Crippen MR) is 121 cm³/mol. The minimum atomic E-state index is -1.14. The molecule has 1 aromatic carbocycles. The summed E-state index contributed by atoms with van der Waals surface area (Å²) in [5, 5.41) is 0.314. The largest absolute Gasteiger partial charge is 0.467 e. The van der Waals surface area contributed by atoms with Crippen LogP contribution in [0.5, 0.6) is 5.75 Å². The van der Waals surface area contributed by atoms with Gasteiger partial charge in [0.1, 0.15) is 10.9 Å². The van der Waals surface area contributed by atoms with Crippen LogP contribution in [0.3, 0.4) is 0 Å². The van der Waals surface area contributed by atoms with Gasteiger partial charge in [-0.05, 0) is 54.3 Å². The summed E-state index contributed by atoms with van der Waals surface area (Å²) in [6, 6.07) is 8.01. The molecule has 0 saturated carbocycles. The molecule has 2 aromatic rings. The van der Waals surface area contributed by atoms with Gasteiger partial charge < -0.3 is 9.47 Å². The number of Topliss-reactive ketones (excluding diaryl/α,β-unsaturated/α-hetero) is 2. The third-order valence-corrected chi connectivity index (χ3v) is 7.22. The second-order valence-electron chi connectivity index (χ2n) is 8.81. The zero-order chi connectivity index (χ0) is 21.9. The van der Waals surface area contributed by atoms with Gasteiger partial charge in [-0.15, -0.1) is 0 Å². The van der Waals surface area contributed by atoms with Crippen molar-refractivity contribution in [2.24, 2.45) is 5.92 Å². The van der Waals surface area contributed by atoms with Crippen LogP contribution in [0.1, 0.15) is 38.8 Å². The van der Waals surface area contributed by atoms with Gasteiger partial charge in [-0.1, -0.05) is 38.2 Å². The van der Waals surface area contributed by atoms with Crippen LogP contribution in [0.25, 0.3) is 0 Å². The minimum absolute atomic E-state index is 0.141. The van der Waals surface area contributed by atoms with Crippen LogP contribution in [-0.2, 0) is 17.6 Å². The Morgan fingerprint density at radius 1 is 1.27 bits per heavy atom. The molecule has 1 aromatic heterocycles. The van der Waals surface area contributed by atoms with Crippen molar-refractivity contribution >= 4 is 31.2 Å². The number of nitrogens with zero attached hydrogens (tertiary/aromatic N) is 1. The van der Waals surface area contributed by atoms with Crippen LogP contribution < -0.4 is 4.74 Å². The molecule has 1 heterocycles. The normalized spacial score (nSPS) is 15.9. The summed E-state index contributed by atoms with van der Waals surface area (Å²) in [5.41, 5.74) is 2.79. The van der Waals surface area contributed by atoms with Gasteiger partial charge in [-0.25, -0.2) is 4.98 Å². The molecule has 0 N–H and O–H groups in total. The fraction of sp³-hybridized carbons (Fsp3) is 0.435. The molecule has 1 aliphatic carbocycles. The molecule has 3 rings (SSSR count). The number of fused-ring (bicyclic) bond motifs is 1. The molecule has 30 heavy (non-hydrogen) atoms. The van der Waals surface area contributed by atoms with Crippen molar-refractivity contribution in [3.05, 3.63) is 57.9 Å². The monoisotopic (exact) mass is 445 g/mol. The molecule has 0 fully saturated rings. The van der Waals surface area contributed by atoms with Crippen LogP contribution in [0.15, 0.2) is 30.5 Å². The lowest BCUT2D eigenvalue weighted by Gasteiger charge is -2.16. The fourth-order valence-corrected chi connectivity index (χ4v) is 4.32. The van der Waals surface area contributed by atoms with E-state index in [1.807, 2.05) is 19.1 Å². The number of pyridine rings is 1. The summed E-state index contributed by atoms with van der Waals surface area (Å²) in [7, 11) is -1.14. The van der Waals surface area contributed by atoms with Crippen molar-refractivity contribution in [3.8, 4) is 5.75 Å². The second kappa shape index (κ2) is 9.41. The van der Waals surface area contributed by atoms with Crippen molar-refractivity contribution in [1.29, 1.82) is 0 Å². The zero-order valence-corrected chi connectivity index (χ0v) is 19.7. The number of rotatable bonds is 9. The molecule has 0 aliphatic heterocycles. The van der Waals surface area contributed by atoms with Crippen molar-refractivity contribution in [3.63, 3.8) is 0 Å². The Hall–Kier alpha value is -2.02. The van der Waals surface area contributed by atoms with E-state index >= 15 is 0 Å². The molecule has 0 saturated heterocycles. The topological polar surface area (TPSA) is 65.5 Å². The Morgan fingerprint density at radius 2 is 2.03 bits per heavy atom. The van der Waals surface area contributed by atoms with Crippen LogP contribution in [-0.4, -0.2) is 38.0 Å². The first-order valence-electron chi connectivity index (χ1n) is 10.3. The van der Waals surface area contributed by atoms with Crippen molar-refractivity contribution in [2.45, 2.75) is 45.5 Å². The maximum absolute atomic E-state index is 12.9. The van der Waals surface area contributed by atoms with Crippen LogP contribution in [0.4, 0.5) is 0 Å². The van der Waals surface area contributed by atoms with E-state index in [0.717, 1.165) is 29.3 Å². The Balaban J connectivity index is 1.71. The minimum Gasteiger partial charge on any atom is -0.467 e. The number of benzene rings is 1. The number of hydrogen-bond acceptors (Lipinski definition) is 5. The smallest absolute Gasteiger partial charge is 0.189 e. The average Bonchev–Trinajstić information content (AvgIpc) is 3.02. The number of carbonyl (C=O) groups is 2. The number of halogens is 1. The second-order valence-corrected chi connectivity index (χ2v) is 14.8. The van der Waals surface area contributed by atoms with Crippen molar-refractivity contribution in [1.82, 2.24) is 4.98 Å². The molecule has 1 aliphatic rings. The van der Waals surface area contributed by atoms with Crippen LogP contribution >= 0.6 is 11.6 Å². The van der Waals surface area contributed by atoms with Gasteiger partial charge in [0.25, 0.3) is 0 Å². The third kappa shape index (κ3) is 5.36. The lowest BCUT2D eigenvalue weighted by molar-refractivity contribution is 0.0215. The van der Waals surface area contributed by atoms with E-state index in [1.54, 1.807) is 12.1 Å². The van der Waals surface area contributed by atoms with Crippen LogP contribution in [0.2, 0.25) is 30.8 Å². The van der Waals surface area contributed by atoms with Gasteiger partial charge in [-0.2, -0.15) is 0 Å². The van der Waals surface area contributed by atoms with E-state index in [-0.39, 0.29) is 18.4 Å². The maximum Gasteiger partial charge on any atom is 0.189 e. The molecular weight excluding hydrogens is 418 g/mol. The van der Waals surface area contributed by atoms with E-state index in [4.69, 9.17) is 21.1 Å². The Kier molecular flexibility index (Phi) is 7.11. The summed E-state index contributed by atoms with van der Waals surface area (Å²) in [4.78, 5) is 29.7. The molecule has 0 radical (unpaired) electrons. The van der Waals surface area contributed by atoms with E-state index in [2.05, 4.69) is 24.6 Å². The highest BCUT2D eigenvalue weighted by molar-refractivity contribution is 6.76. The zero-order valence-electron chi connectivity index (χ0n) is 18.0. The maximum atomic E-state index is 12.9. The summed E-state index contributed by atoms with van der Waals surface area (Å²) in [6.45, 7) is 9.81. The molecule has 160 valence electrons. The first-order chi connectivity index (χ1) is 14.2. The summed E-state index contributed by atoms with van der Waals surface area (Å²) in [6.07, 6.45) is 2.52. The van der Waals surface area contributed by atoms with Gasteiger partial charge in [0.2, 0.25) is 0 Å². The van der Waals surface area contributed by atoms with Gasteiger partial charge in [-0.3, -0.25) is 9.59 Å². The molecule has 1 atom stereocenters. The highest BCUT2D eigenvalue weighted by atomic mass is 35.5. The standard InChI is InChI=1S/C23H28ClNO4Si/c1-5-15-10-18-17(12-20(15)29-14-28-8-9-30(2,3)4)11-19(23(18)27)22(26)16-6-7-21(24)25-13-16/h6-7,10,12-13,19H,5,8-9,11,14H2,1-4H3. The SMILES string of the molecule is CCc1cc2c(cc1OCOCC[Si](C)(C)C)CC(C(=O)c1ccc(Cl)nc1)C2=O. The fourth-order valence-electron chi connectivity index (χ4n) is 3.45. The molecule has 0 spiro atoms. The van der Waals surface area contributed by atoms with Crippen molar-refractivity contribution in [2.75, 3.05) is 13.4 Å². The molecule has 5 nitrogen and oxygen atoms in total. The van der Waals surface area contributed by atoms with Gasteiger partial charge in [0.05, 0.1) is 5.92 Å². The van der Waals surface area contributed by atoms with Crippen molar-refractivity contribution < 1.29 is 19.1 Å². The number of aryl methyl sites for hydroxylation is 1. The molecule has 0 amide bonds. The van der Waals surface area contributed by atoms with Gasteiger partial charge >= 0.3 is 0 Å². The molecule has 1 unspecified atom stereocenters. The average molecular weight is 446 g/mol. The Morgan fingerprint density at radius 3 is 2.67 bits per heavy atom. The predicted octanol–water partition coefficient (Wildman–Crippen LogP) is 5.23. The van der Waals surface area contributed by atoms with Gasteiger partial charge in [0, 0.05) is 32.0 Å². The molecule has 0 bridgehead atoms. The lowest BCUT2D eigenvalue weighted by atomic mass is 9.95. The highest BCUT2D eigenvalue weighted by Gasteiger charge is 2.37. The summed E-state index contributed by atoms with van der Waals surface area (Å²) in [5.74, 6) is -0.373.